The van der Waals surface area contributed by atoms with E-state index in [1.54, 1.807) is 0 Å². The summed E-state index contributed by atoms with van der Waals surface area (Å²) in [5.74, 6) is 0. The van der Waals surface area contributed by atoms with Crippen LogP contribution < -0.4 is 5.63 Å². The van der Waals surface area contributed by atoms with E-state index in [4.69, 9.17) is 4.42 Å². The third kappa shape index (κ3) is 2.62. The molecule has 0 saturated heterocycles. The van der Waals surface area contributed by atoms with Gasteiger partial charge in [-0.1, -0.05) is 57.2 Å². The molecule has 0 unspecified atom stereocenters. The first-order chi connectivity index (χ1) is 9.95. The summed E-state index contributed by atoms with van der Waals surface area (Å²) in [6.07, 6.45) is 0. The molecule has 0 aliphatic heterocycles. The van der Waals surface area contributed by atoms with Crippen LogP contribution in [0.15, 0.2) is 63.8 Å². The van der Waals surface area contributed by atoms with Gasteiger partial charge in [-0.2, -0.15) is 0 Å². The maximum Gasteiger partial charge on any atom is 0.344 e. The highest BCUT2D eigenvalue weighted by Crippen LogP contribution is 2.27. The number of hydrogen-bond donors (Lipinski definition) is 0. The molecule has 0 bridgehead atoms. The van der Waals surface area contributed by atoms with Crippen molar-refractivity contribution < 1.29 is 4.42 Å². The van der Waals surface area contributed by atoms with Gasteiger partial charge in [0.25, 0.3) is 0 Å². The fourth-order valence-electron chi connectivity index (χ4n) is 2.41. The topological polar surface area (TPSA) is 30.2 Å². The zero-order valence-corrected chi connectivity index (χ0v) is 12.5. The van der Waals surface area contributed by atoms with Gasteiger partial charge in [-0.25, -0.2) is 4.79 Å². The molecule has 3 rings (SSSR count). The highest BCUT2D eigenvalue weighted by atomic mass is 16.4. The summed E-state index contributed by atoms with van der Waals surface area (Å²) in [6, 6.07) is 17.5. The lowest BCUT2D eigenvalue weighted by Crippen LogP contribution is -2.11. The SMILES string of the molecule is CC(C)(C)c1ccc2oc(=O)c(-c3ccccc3)cc2c1. The lowest BCUT2D eigenvalue weighted by molar-refractivity contribution is 0.561. The van der Waals surface area contributed by atoms with Crippen LogP contribution in [0.3, 0.4) is 0 Å². The predicted octanol–water partition coefficient (Wildman–Crippen LogP) is 4.76. The Bertz CT molecular complexity index is 837. The van der Waals surface area contributed by atoms with E-state index >= 15 is 0 Å². The van der Waals surface area contributed by atoms with E-state index in [9.17, 15) is 4.79 Å². The van der Waals surface area contributed by atoms with Gasteiger partial charge in [-0.05, 0) is 34.7 Å². The lowest BCUT2D eigenvalue weighted by Gasteiger charge is -2.19. The average Bonchev–Trinajstić information content (AvgIpc) is 2.46. The molecule has 0 fully saturated rings. The first-order valence-corrected chi connectivity index (χ1v) is 7.09. The summed E-state index contributed by atoms with van der Waals surface area (Å²) in [5, 5.41) is 0.959. The standard InChI is InChI=1S/C19H18O2/c1-19(2,3)15-9-10-17-14(11-15)12-16(18(20)21-17)13-7-5-4-6-8-13/h4-12H,1-3H3. The summed E-state index contributed by atoms with van der Waals surface area (Å²) in [5.41, 5.74) is 3.12. The van der Waals surface area contributed by atoms with Gasteiger partial charge in [0.1, 0.15) is 5.58 Å². The zero-order chi connectivity index (χ0) is 15.0. The number of benzene rings is 2. The Balaban J connectivity index is 2.24. The smallest absolute Gasteiger partial charge is 0.344 e. The summed E-state index contributed by atoms with van der Waals surface area (Å²) in [6.45, 7) is 6.52. The van der Waals surface area contributed by atoms with Crippen molar-refractivity contribution in [3.8, 4) is 11.1 Å². The molecular formula is C19H18O2. The third-order valence-corrected chi connectivity index (χ3v) is 3.68. The van der Waals surface area contributed by atoms with Crippen molar-refractivity contribution in [2.24, 2.45) is 0 Å². The highest BCUT2D eigenvalue weighted by Gasteiger charge is 2.15. The lowest BCUT2D eigenvalue weighted by atomic mass is 9.86. The van der Waals surface area contributed by atoms with Crippen molar-refractivity contribution in [3.63, 3.8) is 0 Å². The molecule has 1 heterocycles. The minimum atomic E-state index is -0.294. The molecule has 0 atom stereocenters. The van der Waals surface area contributed by atoms with Crippen LogP contribution in [0.1, 0.15) is 26.3 Å². The molecule has 3 aromatic rings. The molecule has 2 heteroatoms. The molecule has 21 heavy (non-hydrogen) atoms. The molecule has 2 nitrogen and oxygen atoms in total. The van der Waals surface area contributed by atoms with E-state index in [0.717, 1.165) is 10.9 Å². The number of rotatable bonds is 1. The van der Waals surface area contributed by atoms with E-state index in [1.807, 2.05) is 48.5 Å². The minimum absolute atomic E-state index is 0.0667. The molecule has 1 aromatic heterocycles. The van der Waals surface area contributed by atoms with Gasteiger partial charge in [0.05, 0.1) is 5.56 Å². The van der Waals surface area contributed by atoms with Crippen LogP contribution in [0.4, 0.5) is 0 Å². The summed E-state index contributed by atoms with van der Waals surface area (Å²) < 4.78 is 5.46. The van der Waals surface area contributed by atoms with Gasteiger partial charge in [0, 0.05) is 5.39 Å². The molecule has 0 saturated carbocycles. The van der Waals surface area contributed by atoms with E-state index in [-0.39, 0.29) is 11.0 Å². The van der Waals surface area contributed by atoms with E-state index in [2.05, 4.69) is 26.8 Å². The van der Waals surface area contributed by atoms with Crippen LogP contribution in [0, 0.1) is 0 Å². The summed E-state index contributed by atoms with van der Waals surface area (Å²) in [7, 11) is 0. The van der Waals surface area contributed by atoms with Crippen LogP contribution in [-0.4, -0.2) is 0 Å². The highest BCUT2D eigenvalue weighted by molar-refractivity contribution is 5.82. The second-order valence-corrected chi connectivity index (χ2v) is 6.32. The minimum Gasteiger partial charge on any atom is -0.422 e. The van der Waals surface area contributed by atoms with Crippen molar-refractivity contribution in [2.45, 2.75) is 26.2 Å². The molecule has 0 amide bonds. The summed E-state index contributed by atoms with van der Waals surface area (Å²) >= 11 is 0. The Labute approximate surface area is 124 Å². The van der Waals surface area contributed by atoms with E-state index in [0.29, 0.717) is 11.1 Å². The monoisotopic (exact) mass is 278 g/mol. The molecular weight excluding hydrogens is 260 g/mol. The second kappa shape index (κ2) is 4.88. The van der Waals surface area contributed by atoms with Crippen molar-refractivity contribution in [1.82, 2.24) is 0 Å². The third-order valence-electron chi connectivity index (χ3n) is 3.68. The second-order valence-electron chi connectivity index (χ2n) is 6.32. The van der Waals surface area contributed by atoms with Crippen molar-refractivity contribution in [3.05, 3.63) is 70.6 Å². The molecule has 106 valence electrons. The fraction of sp³-hybridized carbons (Fsp3) is 0.211. The van der Waals surface area contributed by atoms with Crippen molar-refractivity contribution in [2.75, 3.05) is 0 Å². The largest absolute Gasteiger partial charge is 0.422 e. The Morgan fingerprint density at radius 2 is 1.62 bits per heavy atom. The first-order valence-electron chi connectivity index (χ1n) is 7.09. The Morgan fingerprint density at radius 1 is 0.905 bits per heavy atom. The Hall–Kier alpha value is -2.35. The molecule has 0 radical (unpaired) electrons. The van der Waals surface area contributed by atoms with E-state index in [1.165, 1.54) is 5.56 Å². The molecule has 0 aliphatic rings. The average molecular weight is 278 g/mol. The number of fused-ring (bicyclic) bond motifs is 1. The van der Waals surface area contributed by atoms with Crippen molar-refractivity contribution in [1.29, 1.82) is 0 Å². The summed E-state index contributed by atoms with van der Waals surface area (Å²) in [4.78, 5) is 12.1. The maximum atomic E-state index is 12.1. The van der Waals surface area contributed by atoms with E-state index < -0.39 is 0 Å². The Kier molecular flexibility index (Phi) is 3.17. The molecule has 0 spiro atoms. The first kappa shape index (κ1) is 13.6. The quantitative estimate of drug-likeness (QED) is 0.601. The van der Waals surface area contributed by atoms with Crippen LogP contribution in [0.5, 0.6) is 0 Å². The van der Waals surface area contributed by atoms with Gasteiger partial charge in [0.2, 0.25) is 0 Å². The molecule has 2 aromatic carbocycles. The van der Waals surface area contributed by atoms with Gasteiger partial charge in [0.15, 0.2) is 0 Å². The fourth-order valence-corrected chi connectivity index (χ4v) is 2.41. The van der Waals surface area contributed by atoms with Crippen LogP contribution in [0.25, 0.3) is 22.1 Å². The number of hydrogen-bond acceptors (Lipinski definition) is 2. The van der Waals surface area contributed by atoms with Crippen LogP contribution >= 0.6 is 0 Å². The molecule has 0 aliphatic carbocycles. The van der Waals surface area contributed by atoms with Gasteiger partial charge < -0.3 is 4.42 Å². The van der Waals surface area contributed by atoms with Crippen LogP contribution in [-0.2, 0) is 5.41 Å². The van der Waals surface area contributed by atoms with Gasteiger partial charge in [-0.15, -0.1) is 0 Å². The van der Waals surface area contributed by atoms with Gasteiger partial charge in [-0.3, -0.25) is 0 Å². The predicted molar refractivity (Wildman–Crippen MR) is 86.6 cm³/mol. The maximum absolute atomic E-state index is 12.1. The zero-order valence-electron chi connectivity index (χ0n) is 12.5. The van der Waals surface area contributed by atoms with Crippen molar-refractivity contribution >= 4 is 11.0 Å². The molecule has 0 N–H and O–H groups in total. The normalized spacial score (nSPS) is 11.8. The van der Waals surface area contributed by atoms with Crippen LogP contribution in [0.2, 0.25) is 0 Å². The van der Waals surface area contributed by atoms with Gasteiger partial charge >= 0.3 is 5.63 Å². The Morgan fingerprint density at radius 3 is 2.29 bits per heavy atom.